The summed E-state index contributed by atoms with van der Waals surface area (Å²) in [6.45, 7) is 4.82. The van der Waals surface area contributed by atoms with E-state index in [1.54, 1.807) is 11.3 Å². The molecule has 1 N–H and O–H groups in total. The van der Waals surface area contributed by atoms with Crippen LogP contribution in [0.2, 0.25) is 0 Å². The summed E-state index contributed by atoms with van der Waals surface area (Å²) >= 11 is 1.59. The molecule has 0 aromatic carbocycles. The largest absolute Gasteiger partial charge is 0.465 e. The van der Waals surface area contributed by atoms with Crippen LogP contribution in [0, 0.1) is 12.8 Å². The first-order valence-corrected chi connectivity index (χ1v) is 10.2. The summed E-state index contributed by atoms with van der Waals surface area (Å²) < 4.78 is 10.8. The van der Waals surface area contributed by atoms with Gasteiger partial charge in [0.15, 0.2) is 0 Å². The highest BCUT2D eigenvalue weighted by Crippen LogP contribution is 2.33. The first kappa shape index (κ1) is 18.3. The Labute approximate surface area is 162 Å². The van der Waals surface area contributed by atoms with Crippen LogP contribution < -0.4 is 5.32 Å². The third-order valence-corrected chi connectivity index (χ3v) is 6.42. The SMILES string of the molecule is Cc1ccc(CNC(=O)[C@H]2CCc3sc(C(=O)N4CCOCC4)cc3C2)o1. The maximum Gasteiger partial charge on any atom is 0.264 e. The van der Waals surface area contributed by atoms with Crippen LogP contribution in [0.1, 0.15) is 38.1 Å². The molecule has 1 fully saturated rings. The Balaban J connectivity index is 1.37. The van der Waals surface area contributed by atoms with Gasteiger partial charge in [0.25, 0.3) is 5.91 Å². The van der Waals surface area contributed by atoms with Gasteiger partial charge in [-0.05, 0) is 49.9 Å². The summed E-state index contributed by atoms with van der Waals surface area (Å²) in [6, 6.07) is 5.77. The molecule has 0 bridgehead atoms. The minimum absolute atomic E-state index is 0.0468. The van der Waals surface area contributed by atoms with E-state index < -0.39 is 0 Å². The van der Waals surface area contributed by atoms with E-state index in [0.717, 1.165) is 34.8 Å². The molecule has 144 valence electrons. The molecule has 0 radical (unpaired) electrons. The van der Waals surface area contributed by atoms with Crippen LogP contribution in [-0.4, -0.2) is 43.0 Å². The number of rotatable bonds is 4. The third-order valence-electron chi connectivity index (χ3n) is 5.20. The number of nitrogens with zero attached hydrogens (tertiary/aromatic N) is 1. The highest BCUT2D eigenvalue weighted by molar-refractivity contribution is 7.14. The maximum atomic E-state index is 12.7. The predicted octanol–water partition coefficient (Wildman–Crippen LogP) is 2.54. The molecule has 2 amide bonds. The van der Waals surface area contributed by atoms with Crippen LogP contribution in [0.25, 0.3) is 0 Å². The zero-order valence-corrected chi connectivity index (χ0v) is 16.3. The van der Waals surface area contributed by atoms with Gasteiger partial charge >= 0.3 is 0 Å². The number of carbonyl (C=O) groups is 2. The zero-order chi connectivity index (χ0) is 18.8. The lowest BCUT2D eigenvalue weighted by molar-refractivity contribution is -0.125. The van der Waals surface area contributed by atoms with Gasteiger partial charge in [-0.3, -0.25) is 9.59 Å². The summed E-state index contributed by atoms with van der Waals surface area (Å²) in [6.07, 6.45) is 2.38. The van der Waals surface area contributed by atoms with Gasteiger partial charge in [-0.25, -0.2) is 0 Å². The first-order valence-electron chi connectivity index (χ1n) is 9.42. The monoisotopic (exact) mass is 388 g/mol. The van der Waals surface area contributed by atoms with Gasteiger partial charge in [-0.15, -0.1) is 11.3 Å². The quantitative estimate of drug-likeness (QED) is 0.874. The molecule has 0 spiro atoms. The second-order valence-corrected chi connectivity index (χ2v) is 8.27. The average molecular weight is 388 g/mol. The van der Waals surface area contributed by atoms with Crippen molar-refractivity contribution >= 4 is 23.2 Å². The number of amides is 2. The number of furan rings is 1. The molecule has 0 unspecified atom stereocenters. The Morgan fingerprint density at radius 3 is 2.85 bits per heavy atom. The summed E-state index contributed by atoms with van der Waals surface area (Å²) in [5.74, 6) is 1.71. The normalized spacial score (nSPS) is 19.6. The summed E-state index contributed by atoms with van der Waals surface area (Å²) in [5.41, 5.74) is 1.15. The van der Waals surface area contributed by atoms with Gasteiger partial charge in [0.05, 0.1) is 24.6 Å². The van der Waals surface area contributed by atoms with Crippen molar-refractivity contribution in [2.45, 2.75) is 32.7 Å². The summed E-state index contributed by atoms with van der Waals surface area (Å²) in [5, 5.41) is 2.98. The molecule has 2 aliphatic rings. The second-order valence-electron chi connectivity index (χ2n) is 7.13. The Bertz CT molecular complexity index is 835. The van der Waals surface area contributed by atoms with Crippen molar-refractivity contribution in [1.82, 2.24) is 10.2 Å². The number of hydrogen-bond donors (Lipinski definition) is 1. The molecule has 6 nitrogen and oxygen atoms in total. The van der Waals surface area contributed by atoms with Crippen LogP contribution >= 0.6 is 11.3 Å². The van der Waals surface area contributed by atoms with E-state index in [2.05, 4.69) is 5.32 Å². The first-order chi connectivity index (χ1) is 13.1. The minimum atomic E-state index is -0.0468. The molecular formula is C20H24N2O4S. The van der Waals surface area contributed by atoms with Gasteiger partial charge in [0.1, 0.15) is 11.5 Å². The zero-order valence-electron chi connectivity index (χ0n) is 15.5. The Morgan fingerprint density at radius 1 is 1.30 bits per heavy atom. The number of carbonyl (C=O) groups excluding carboxylic acids is 2. The smallest absolute Gasteiger partial charge is 0.264 e. The van der Waals surface area contributed by atoms with E-state index in [0.29, 0.717) is 39.3 Å². The van der Waals surface area contributed by atoms with Crippen molar-refractivity contribution < 1.29 is 18.7 Å². The van der Waals surface area contributed by atoms with E-state index in [1.807, 2.05) is 30.0 Å². The molecule has 2 aromatic rings. The van der Waals surface area contributed by atoms with Crippen LogP contribution in [0.4, 0.5) is 0 Å². The Morgan fingerprint density at radius 2 is 2.11 bits per heavy atom. The van der Waals surface area contributed by atoms with Gasteiger partial charge in [-0.1, -0.05) is 0 Å². The molecule has 4 rings (SSSR count). The van der Waals surface area contributed by atoms with E-state index in [1.165, 1.54) is 4.88 Å². The van der Waals surface area contributed by atoms with Crippen molar-refractivity contribution in [3.05, 3.63) is 45.0 Å². The molecule has 7 heteroatoms. The molecule has 1 saturated heterocycles. The lowest BCUT2D eigenvalue weighted by atomic mass is 9.87. The average Bonchev–Trinajstić information content (AvgIpc) is 3.31. The van der Waals surface area contributed by atoms with Crippen LogP contribution in [-0.2, 0) is 28.9 Å². The van der Waals surface area contributed by atoms with Gasteiger partial charge < -0.3 is 19.4 Å². The lowest BCUT2D eigenvalue weighted by Crippen LogP contribution is -2.40. The minimum Gasteiger partial charge on any atom is -0.465 e. The van der Waals surface area contributed by atoms with Crippen LogP contribution in [0.5, 0.6) is 0 Å². The van der Waals surface area contributed by atoms with E-state index >= 15 is 0 Å². The highest BCUT2D eigenvalue weighted by atomic mass is 32.1. The molecule has 1 aliphatic carbocycles. The van der Waals surface area contributed by atoms with E-state index in [-0.39, 0.29) is 17.7 Å². The predicted molar refractivity (Wildman–Crippen MR) is 102 cm³/mol. The fourth-order valence-electron chi connectivity index (χ4n) is 3.67. The molecular weight excluding hydrogens is 364 g/mol. The molecule has 27 heavy (non-hydrogen) atoms. The molecule has 0 saturated carbocycles. The lowest BCUT2D eigenvalue weighted by Gasteiger charge is -2.26. The topological polar surface area (TPSA) is 71.8 Å². The number of fused-ring (bicyclic) bond motifs is 1. The number of hydrogen-bond acceptors (Lipinski definition) is 5. The summed E-state index contributed by atoms with van der Waals surface area (Å²) in [4.78, 5) is 29.1. The van der Waals surface area contributed by atoms with E-state index in [9.17, 15) is 9.59 Å². The van der Waals surface area contributed by atoms with Crippen molar-refractivity contribution in [1.29, 1.82) is 0 Å². The standard InChI is InChI=1S/C20H24N2O4S/c1-13-2-4-16(26-13)12-21-19(23)14-3-5-17-15(10-14)11-18(27-17)20(24)22-6-8-25-9-7-22/h2,4,11,14H,3,5-10,12H2,1H3,(H,21,23)/t14-/m0/s1. The number of nitrogens with one attached hydrogen (secondary N) is 1. The number of thiophene rings is 1. The van der Waals surface area contributed by atoms with Crippen molar-refractivity contribution in [2.75, 3.05) is 26.3 Å². The number of morpholine rings is 1. The fourth-order valence-corrected chi connectivity index (χ4v) is 4.85. The highest BCUT2D eigenvalue weighted by Gasteiger charge is 2.29. The van der Waals surface area contributed by atoms with Gasteiger partial charge in [0, 0.05) is 23.9 Å². The molecule has 2 aromatic heterocycles. The van der Waals surface area contributed by atoms with Gasteiger partial charge in [0.2, 0.25) is 5.91 Å². The van der Waals surface area contributed by atoms with Crippen LogP contribution in [0.15, 0.2) is 22.6 Å². The Kier molecular flexibility index (Phi) is 5.31. The molecule has 1 atom stereocenters. The van der Waals surface area contributed by atoms with E-state index in [4.69, 9.17) is 9.15 Å². The fraction of sp³-hybridized carbons (Fsp3) is 0.500. The number of aryl methyl sites for hydroxylation is 2. The molecule has 3 heterocycles. The second kappa shape index (κ2) is 7.86. The Hall–Kier alpha value is -2.12. The van der Waals surface area contributed by atoms with Crippen molar-refractivity contribution in [3.8, 4) is 0 Å². The van der Waals surface area contributed by atoms with Crippen LogP contribution in [0.3, 0.4) is 0 Å². The molecule has 1 aliphatic heterocycles. The van der Waals surface area contributed by atoms with Crippen molar-refractivity contribution in [3.63, 3.8) is 0 Å². The number of ether oxygens (including phenoxy) is 1. The maximum absolute atomic E-state index is 12.7. The van der Waals surface area contributed by atoms with Gasteiger partial charge in [-0.2, -0.15) is 0 Å². The third kappa shape index (κ3) is 4.09. The summed E-state index contributed by atoms with van der Waals surface area (Å²) in [7, 11) is 0. The van der Waals surface area contributed by atoms with Crippen molar-refractivity contribution in [2.24, 2.45) is 5.92 Å².